The first-order chi connectivity index (χ1) is 13.8. The van der Waals surface area contributed by atoms with Crippen LogP contribution in [0.3, 0.4) is 0 Å². The molecule has 158 valence electrons. The molecular formula is C27H33AsS2. The van der Waals surface area contributed by atoms with Gasteiger partial charge in [-0.3, -0.25) is 0 Å². The van der Waals surface area contributed by atoms with Gasteiger partial charge in [0.15, 0.2) is 0 Å². The Hall–Kier alpha value is -0.952. The van der Waals surface area contributed by atoms with Crippen molar-refractivity contribution >= 4 is 46.6 Å². The predicted molar refractivity (Wildman–Crippen MR) is 139 cm³/mol. The Morgan fingerprint density at radius 1 is 0.633 bits per heavy atom. The molecule has 1 aliphatic carbocycles. The fourth-order valence-electron chi connectivity index (χ4n) is 4.05. The molecule has 2 aromatic heterocycles. The normalized spacial score (nSPS) is 14.4. The van der Waals surface area contributed by atoms with E-state index in [2.05, 4.69) is 97.3 Å². The first-order valence-corrected chi connectivity index (χ1v) is 14.4. The maximum atomic E-state index is 2.53. The topological polar surface area (TPSA) is 0 Å². The van der Waals surface area contributed by atoms with E-state index in [-0.39, 0.29) is 31.6 Å². The summed E-state index contributed by atoms with van der Waals surface area (Å²) in [4.78, 5) is 2.98. The molecule has 3 aromatic rings. The second kappa shape index (κ2) is 7.29. The zero-order chi connectivity index (χ0) is 22.1. The second-order valence-corrected chi connectivity index (χ2v) is 15.6. The van der Waals surface area contributed by atoms with Crippen LogP contribution in [-0.2, 0) is 16.2 Å². The fourth-order valence-corrected chi connectivity index (χ4v) is 10.3. The van der Waals surface area contributed by atoms with Crippen molar-refractivity contribution in [2.75, 3.05) is 0 Å². The Bertz CT molecular complexity index is 1060. The summed E-state index contributed by atoms with van der Waals surface area (Å²) in [5.74, 6) is 0. The average molecular weight is 497 g/mol. The molecule has 0 saturated heterocycles. The summed E-state index contributed by atoms with van der Waals surface area (Å²) in [6, 6.07) is 9.76. The van der Waals surface area contributed by atoms with Crippen LogP contribution >= 0.6 is 22.7 Å². The Kier molecular flexibility index (Phi) is 5.41. The fraction of sp³-hybridized carbons (Fsp3) is 0.444. The van der Waals surface area contributed by atoms with Gasteiger partial charge in [0.2, 0.25) is 0 Å². The minimum absolute atomic E-state index is 0.104. The van der Waals surface area contributed by atoms with E-state index >= 15 is 0 Å². The Labute approximate surface area is 197 Å². The van der Waals surface area contributed by atoms with Crippen LogP contribution < -0.4 is 4.35 Å². The number of hydrogen-bond donors (Lipinski definition) is 0. The van der Waals surface area contributed by atoms with Gasteiger partial charge < -0.3 is 0 Å². The third kappa shape index (κ3) is 3.85. The van der Waals surface area contributed by atoms with Gasteiger partial charge in [0.05, 0.1) is 0 Å². The quantitative estimate of drug-likeness (QED) is 0.243. The van der Waals surface area contributed by atoms with E-state index in [9.17, 15) is 0 Å². The molecule has 1 aliphatic rings. The van der Waals surface area contributed by atoms with Gasteiger partial charge in [0.25, 0.3) is 0 Å². The van der Waals surface area contributed by atoms with Gasteiger partial charge in [0.1, 0.15) is 0 Å². The van der Waals surface area contributed by atoms with E-state index in [1.807, 2.05) is 22.7 Å². The minimum atomic E-state index is -0.104. The molecule has 0 N–H and O–H groups in total. The first kappa shape index (κ1) is 22.2. The van der Waals surface area contributed by atoms with E-state index < -0.39 is 0 Å². The molecule has 2 heterocycles. The molecule has 0 unspecified atom stereocenters. The van der Waals surface area contributed by atoms with Gasteiger partial charge in [-0.05, 0) is 0 Å². The molecule has 0 bridgehead atoms. The average Bonchev–Trinajstić information content (AvgIpc) is 3.28. The number of hydrogen-bond acceptors (Lipinski definition) is 2. The van der Waals surface area contributed by atoms with Crippen molar-refractivity contribution in [3.05, 3.63) is 62.8 Å². The van der Waals surface area contributed by atoms with Crippen molar-refractivity contribution in [3.8, 4) is 9.75 Å². The van der Waals surface area contributed by atoms with Gasteiger partial charge >= 0.3 is 198 Å². The number of thiophene rings is 2. The van der Waals surface area contributed by atoms with E-state index in [4.69, 9.17) is 0 Å². The molecule has 0 saturated carbocycles. The van der Waals surface area contributed by atoms with Crippen LogP contribution in [0.5, 0.6) is 0 Å². The third-order valence-electron chi connectivity index (χ3n) is 5.86. The summed E-state index contributed by atoms with van der Waals surface area (Å²) in [7, 11) is 0. The van der Waals surface area contributed by atoms with Crippen molar-refractivity contribution in [1.29, 1.82) is 0 Å². The number of rotatable bonds is 1. The SMILES string of the molecule is CC(C)(C)c1cc(C(C)(C)C)c([As]=C2c3ccsc3-c3sccc32)c(C(C)(C)C)c1. The molecule has 0 fully saturated rings. The Morgan fingerprint density at radius 3 is 1.43 bits per heavy atom. The number of fused-ring (bicyclic) bond motifs is 3. The molecule has 0 spiro atoms. The van der Waals surface area contributed by atoms with Crippen LogP contribution in [0, 0.1) is 0 Å². The summed E-state index contributed by atoms with van der Waals surface area (Å²) >= 11 is 3.70. The van der Waals surface area contributed by atoms with Gasteiger partial charge in [0, 0.05) is 0 Å². The van der Waals surface area contributed by atoms with Crippen LogP contribution in [0.1, 0.15) is 90.1 Å². The van der Waals surface area contributed by atoms with Gasteiger partial charge in [-0.25, -0.2) is 0 Å². The van der Waals surface area contributed by atoms with Crippen LogP contribution in [0.4, 0.5) is 0 Å². The molecule has 0 aliphatic heterocycles. The maximum absolute atomic E-state index is 2.53. The van der Waals surface area contributed by atoms with Crippen LogP contribution in [0.15, 0.2) is 35.0 Å². The molecule has 0 amide bonds. The molecule has 30 heavy (non-hydrogen) atoms. The second-order valence-electron chi connectivity index (χ2n) is 11.5. The first-order valence-electron chi connectivity index (χ1n) is 10.7. The van der Waals surface area contributed by atoms with Crippen LogP contribution in [0.2, 0.25) is 0 Å². The van der Waals surface area contributed by atoms with Crippen LogP contribution in [0.25, 0.3) is 9.75 Å². The van der Waals surface area contributed by atoms with Crippen molar-refractivity contribution in [3.63, 3.8) is 0 Å². The Balaban J connectivity index is 2.07. The molecule has 0 nitrogen and oxygen atoms in total. The molecule has 0 radical (unpaired) electrons. The van der Waals surface area contributed by atoms with E-state index in [1.54, 1.807) is 19.8 Å². The summed E-state index contributed by atoms with van der Waals surface area (Å²) in [6.45, 7) is 21.3. The molecule has 1 aromatic carbocycles. The van der Waals surface area contributed by atoms with Gasteiger partial charge in [-0.2, -0.15) is 0 Å². The van der Waals surface area contributed by atoms with Crippen molar-refractivity contribution in [1.82, 2.24) is 0 Å². The van der Waals surface area contributed by atoms with Crippen LogP contribution in [-0.4, -0.2) is 19.6 Å². The zero-order valence-corrected chi connectivity index (χ0v) is 23.2. The summed E-state index contributed by atoms with van der Waals surface area (Å²) in [6.07, 6.45) is 0. The molecule has 3 heteroatoms. The standard InChI is InChI=1S/C27H33AsS2/c1-25(2,3)16-14-19(26(4,5)6)22(20(15-16)27(7,8)9)28-21-17-10-12-29-23(17)24-18(21)11-13-30-24/h10-15H,1-9H3. The zero-order valence-electron chi connectivity index (χ0n) is 19.7. The summed E-state index contributed by atoms with van der Waals surface area (Å²) in [5, 5.41) is 4.54. The van der Waals surface area contributed by atoms with Crippen molar-refractivity contribution in [2.45, 2.75) is 78.6 Å². The summed E-state index contributed by atoms with van der Waals surface area (Å²) in [5.41, 5.74) is 7.96. The third-order valence-corrected chi connectivity index (χ3v) is 10.8. The van der Waals surface area contributed by atoms with E-state index in [0.717, 1.165) is 0 Å². The van der Waals surface area contributed by atoms with Gasteiger partial charge in [-0.15, -0.1) is 0 Å². The Morgan fingerprint density at radius 2 is 1.07 bits per heavy atom. The van der Waals surface area contributed by atoms with E-state index in [0.29, 0.717) is 0 Å². The molecule has 0 atom stereocenters. The number of benzene rings is 1. The molecule has 4 rings (SSSR count). The predicted octanol–water partition coefficient (Wildman–Crippen LogP) is 7.28. The summed E-state index contributed by atoms with van der Waals surface area (Å²) < 4.78 is 3.24. The van der Waals surface area contributed by atoms with Gasteiger partial charge in [-0.1, -0.05) is 0 Å². The van der Waals surface area contributed by atoms with E-state index in [1.165, 1.54) is 26.4 Å². The van der Waals surface area contributed by atoms with Crippen molar-refractivity contribution in [2.24, 2.45) is 0 Å². The van der Waals surface area contributed by atoms with Crippen molar-refractivity contribution < 1.29 is 0 Å². The monoisotopic (exact) mass is 496 g/mol. The molecular weight excluding hydrogens is 463 g/mol.